The number of rotatable bonds is 8. The Labute approximate surface area is 222 Å². The van der Waals surface area contributed by atoms with Gasteiger partial charge in [0.15, 0.2) is 16.6 Å². The summed E-state index contributed by atoms with van der Waals surface area (Å²) in [6, 6.07) is 0. The Morgan fingerprint density at radius 2 is 1.13 bits per heavy atom. The van der Waals surface area contributed by atoms with Crippen molar-refractivity contribution in [2.45, 2.75) is 97.9 Å². The third kappa shape index (κ3) is 23.6. The van der Waals surface area contributed by atoms with Crippen molar-refractivity contribution < 1.29 is 57.9 Å². The topological polar surface area (TPSA) is 18.5 Å². The molecule has 2 atom stereocenters. The zero-order valence-electron chi connectivity index (χ0n) is 20.9. The van der Waals surface area contributed by atoms with Gasteiger partial charge in [0.05, 0.1) is 0 Å². The van der Waals surface area contributed by atoms with E-state index in [0.29, 0.717) is 12.2 Å². The molecule has 0 aliphatic heterocycles. The van der Waals surface area contributed by atoms with E-state index in [4.69, 9.17) is 8.85 Å². The van der Waals surface area contributed by atoms with Gasteiger partial charge in [0.1, 0.15) is 0 Å². The molecular formula is C24H42Cl2O2Si2Zr-2. The second-order valence-electron chi connectivity index (χ2n) is 9.40. The first-order valence-corrected chi connectivity index (χ1v) is 18.9. The Hall–Kier alpha value is 0.647. The molecule has 0 fully saturated rings. The van der Waals surface area contributed by atoms with Gasteiger partial charge in [-0.2, -0.15) is 12.2 Å². The standard InChI is InChI=1S/2C11H19OSi.C2H4.2ClH.Zr/c2*1-10(12-13(2,3)4)9-11-7-5-6-8-11;1-2;;;/h2*5,7,10H,6,9H2,1-4H3;1H,2H3;2*1H;/q2*-1;;;;+2/p-2. The Morgan fingerprint density at radius 1 is 0.839 bits per heavy atom. The summed E-state index contributed by atoms with van der Waals surface area (Å²) in [5.74, 6) is 0. The van der Waals surface area contributed by atoms with E-state index in [1.54, 1.807) is 0 Å². The summed E-state index contributed by atoms with van der Waals surface area (Å²) in [7, 11) is -2.71. The fraction of sp³-hybridized carbons (Fsp3) is 0.625. The molecule has 7 heteroatoms. The second-order valence-corrected chi connectivity index (χ2v) is 19.7. The van der Waals surface area contributed by atoms with Gasteiger partial charge >= 0.3 is 34.9 Å². The molecule has 31 heavy (non-hydrogen) atoms. The molecule has 2 rings (SSSR count). The quantitative estimate of drug-likeness (QED) is 0.315. The first kappa shape index (κ1) is 36.2. The minimum Gasteiger partial charge on any atom is -1.00 e. The molecule has 0 amide bonds. The summed E-state index contributed by atoms with van der Waals surface area (Å²) in [5, 5.41) is 0. The zero-order valence-corrected chi connectivity index (χ0v) is 26.9. The van der Waals surface area contributed by atoms with E-state index < -0.39 is 16.6 Å². The molecule has 0 N–H and O–H groups in total. The van der Waals surface area contributed by atoms with Gasteiger partial charge in [0.2, 0.25) is 0 Å². The van der Waals surface area contributed by atoms with Crippen LogP contribution in [0.4, 0.5) is 0 Å². The molecule has 0 heterocycles. The maximum absolute atomic E-state index is 5.94. The van der Waals surface area contributed by atoms with Crippen LogP contribution in [0.15, 0.2) is 35.5 Å². The summed E-state index contributed by atoms with van der Waals surface area (Å²) in [5.41, 5.74) is 2.62. The van der Waals surface area contributed by atoms with E-state index in [1.807, 2.05) is 6.92 Å². The van der Waals surface area contributed by atoms with Gasteiger partial charge < -0.3 is 33.7 Å². The van der Waals surface area contributed by atoms with Crippen LogP contribution in [0.5, 0.6) is 0 Å². The molecule has 0 saturated heterocycles. The van der Waals surface area contributed by atoms with Gasteiger partial charge in [-0.1, -0.05) is 0 Å². The van der Waals surface area contributed by atoms with Crippen molar-refractivity contribution in [1.29, 1.82) is 0 Å². The molecule has 0 aromatic heterocycles. The predicted molar refractivity (Wildman–Crippen MR) is 130 cm³/mol. The van der Waals surface area contributed by atoms with Gasteiger partial charge in [-0.05, 0) is 66.0 Å². The SMILES string of the molecule is CC(CC1=[C-]CC=C1)O[Si](C)(C)C.CC(CC1=[C-]CC=C1)O[Si](C)(C)C.C[CH]=[Zr+2].[Cl-].[Cl-]. The first-order valence-electron chi connectivity index (χ1n) is 10.7. The minimum atomic E-state index is -1.36. The van der Waals surface area contributed by atoms with Crippen LogP contribution in [0.1, 0.15) is 46.5 Å². The third-order valence-electron chi connectivity index (χ3n) is 3.66. The molecule has 2 nitrogen and oxygen atoms in total. The largest absolute Gasteiger partial charge is 1.00 e. The second kappa shape index (κ2) is 19.0. The molecular weight excluding hydrogens is 539 g/mol. The van der Waals surface area contributed by atoms with Crippen LogP contribution in [0.2, 0.25) is 39.3 Å². The normalized spacial score (nSPS) is 16.4. The van der Waals surface area contributed by atoms with Crippen molar-refractivity contribution in [1.82, 2.24) is 0 Å². The average Bonchev–Trinajstić information content (AvgIpc) is 3.18. The van der Waals surface area contributed by atoms with Crippen molar-refractivity contribution in [3.8, 4) is 0 Å². The van der Waals surface area contributed by atoms with Gasteiger partial charge in [-0.15, -0.1) is 12.8 Å². The Kier molecular flexibility index (Phi) is 22.2. The van der Waals surface area contributed by atoms with Crippen molar-refractivity contribution in [2.75, 3.05) is 0 Å². The molecule has 0 radical (unpaired) electrons. The minimum absolute atomic E-state index is 0. The summed E-state index contributed by atoms with van der Waals surface area (Å²) < 4.78 is 14.0. The van der Waals surface area contributed by atoms with E-state index in [9.17, 15) is 0 Å². The summed E-state index contributed by atoms with van der Waals surface area (Å²) in [6.45, 7) is 19.7. The third-order valence-corrected chi connectivity index (χ3v) is 5.88. The van der Waals surface area contributed by atoms with Crippen LogP contribution in [-0.4, -0.2) is 32.6 Å². The Bertz CT molecular complexity index is 554. The fourth-order valence-corrected chi connectivity index (χ4v) is 5.67. The van der Waals surface area contributed by atoms with Crippen molar-refractivity contribution in [3.63, 3.8) is 0 Å². The van der Waals surface area contributed by atoms with Crippen LogP contribution in [0, 0.1) is 12.2 Å². The molecule has 0 bridgehead atoms. The molecule has 2 aliphatic carbocycles. The predicted octanol–water partition coefficient (Wildman–Crippen LogP) is 0.975. The molecule has 0 aromatic carbocycles. The van der Waals surface area contributed by atoms with Crippen molar-refractivity contribution >= 4 is 20.3 Å². The average molecular weight is 581 g/mol. The van der Waals surface area contributed by atoms with E-state index in [2.05, 4.69) is 93.3 Å². The van der Waals surface area contributed by atoms with Crippen LogP contribution < -0.4 is 24.8 Å². The van der Waals surface area contributed by atoms with E-state index in [0.717, 1.165) is 25.7 Å². The summed E-state index contributed by atoms with van der Waals surface area (Å²) >= 11 is 1.51. The van der Waals surface area contributed by atoms with E-state index >= 15 is 0 Å². The van der Waals surface area contributed by atoms with Gasteiger partial charge in [0.25, 0.3) is 0 Å². The van der Waals surface area contributed by atoms with E-state index in [-0.39, 0.29) is 24.8 Å². The smallest absolute Gasteiger partial charge is 1.00 e. The first-order chi connectivity index (χ1) is 13.4. The maximum Gasteiger partial charge on any atom is -1.00 e. The number of hydrogen-bond acceptors (Lipinski definition) is 2. The number of hydrogen-bond donors (Lipinski definition) is 0. The number of halogens is 2. The molecule has 0 aromatic rings. The van der Waals surface area contributed by atoms with E-state index in [1.165, 1.54) is 35.4 Å². The molecule has 178 valence electrons. The van der Waals surface area contributed by atoms with Crippen molar-refractivity contribution in [2.24, 2.45) is 0 Å². The monoisotopic (exact) mass is 578 g/mol. The Balaban J connectivity index is -0.000000424. The van der Waals surface area contributed by atoms with Crippen molar-refractivity contribution in [3.05, 3.63) is 47.6 Å². The number of allylic oxidation sites excluding steroid dienone is 6. The van der Waals surface area contributed by atoms with Crippen LogP contribution in [0.25, 0.3) is 0 Å². The van der Waals surface area contributed by atoms with Crippen LogP contribution >= 0.6 is 0 Å². The summed E-state index contributed by atoms with van der Waals surface area (Å²) in [4.78, 5) is 0. The van der Waals surface area contributed by atoms with Crippen LogP contribution in [0.3, 0.4) is 0 Å². The molecule has 2 aliphatic rings. The van der Waals surface area contributed by atoms with Gasteiger partial charge in [0, 0.05) is 12.2 Å². The molecule has 0 spiro atoms. The summed E-state index contributed by atoms with van der Waals surface area (Å²) in [6.07, 6.45) is 19.9. The van der Waals surface area contributed by atoms with Crippen LogP contribution in [-0.2, 0) is 33.1 Å². The maximum atomic E-state index is 5.94. The zero-order chi connectivity index (χ0) is 22.5. The molecule has 0 saturated carbocycles. The molecule has 2 unspecified atom stereocenters. The Morgan fingerprint density at radius 3 is 1.32 bits per heavy atom. The van der Waals surface area contributed by atoms with Gasteiger partial charge in [-0.3, -0.25) is 12.2 Å². The fourth-order valence-electron chi connectivity index (χ4n) is 3.09. The van der Waals surface area contributed by atoms with Gasteiger partial charge in [-0.25, -0.2) is 23.3 Å².